The van der Waals surface area contributed by atoms with Crippen LogP contribution in [0.15, 0.2) is 50.4 Å². The Hall–Kier alpha value is -5.21. The highest BCUT2D eigenvalue weighted by atomic mass is 16.6. The first kappa shape index (κ1) is 54.4. The first-order valence-corrected chi connectivity index (χ1v) is 22.8. The van der Waals surface area contributed by atoms with Gasteiger partial charge in [0.05, 0.1) is 30.8 Å². The molecule has 6 bridgehead atoms. The Bertz CT molecular complexity index is 2060. The molecular weight excluding hydrogens is 871 g/mol. The van der Waals surface area contributed by atoms with Gasteiger partial charge in [-0.05, 0) is 43.6 Å². The number of nitrogens with two attached hydrogens (primary N) is 1. The highest BCUT2D eigenvalue weighted by Crippen LogP contribution is 2.34. The number of fused-ring (bicyclic) bond motifs is 8. The number of primary amides is 1. The van der Waals surface area contributed by atoms with Gasteiger partial charge in [-0.15, -0.1) is 0 Å². The largest absolute Gasteiger partial charge is 0.462 e. The van der Waals surface area contributed by atoms with E-state index in [2.05, 4.69) is 15.0 Å². The van der Waals surface area contributed by atoms with Crippen LogP contribution in [0, 0.1) is 35.5 Å². The van der Waals surface area contributed by atoms with E-state index in [0.717, 1.165) is 0 Å². The molecule has 3 aromatic heterocycles. The number of carbonyl (C=O) groups excluding carboxylic acids is 4. The molecular formula is C48H71N5O14. The maximum Gasteiger partial charge on any atom is 0.404 e. The summed E-state index contributed by atoms with van der Waals surface area (Å²) in [6.07, 6.45) is 7.75. The molecule has 19 heteroatoms. The van der Waals surface area contributed by atoms with Crippen molar-refractivity contribution in [3.05, 3.63) is 48.7 Å². The molecule has 3 aromatic rings. The van der Waals surface area contributed by atoms with Crippen molar-refractivity contribution in [2.24, 2.45) is 41.2 Å². The quantitative estimate of drug-likeness (QED) is 0.100. The van der Waals surface area contributed by atoms with Crippen LogP contribution < -0.4 is 5.73 Å². The number of rotatable bonds is 17. The Morgan fingerprint density at radius 3 is 2.28 bits per heavy atom. The van der Waals surface area contributed by atoms with E-state index in [1.807, 2.05) is 53.7 Å². The number of esters is 1. The molecule has 0 fully saturated rings. The second-order valence-electron chi connectivity index (χ2n) is 17.9. The number of hydrogen-bond acceptors (Lipinski definition) is 17. The van der Waals surface area contributed by atoms with E-state index >= 15 is 0 Å². The van der Waals surface area contributed by atoms with Crippen molar-refractivity contribution in [3.8, 4) is 23.2 Å². The van der Waals surface area contributed by atoms with Crippen LogP contribution in [0.5, 0.6) is 0 Å². The Labute approximate surface area is 393 Å². The summed E-state index contributed by atoms with van der Waals surface area (Å²) in [6.45, 7) is 11.4. The lowest BCUT2D eigenvalue weighted by Gasteiger charge is -2.34. The van der Waals surface area contributed by atoms with Gasteiger partial charge in [0.2, 0.25) is 24.1 Å². The first-order chi connectivity index (χ1) is 31.9. The minimum Gasteiger partial charge on any atom is -0.462 e. The normalized spacial score (nSPS) is 25.8. The molecule has 13 unspecified atom stereocenters. The summed E-state index contributed by atoms with van der Waals surface area (Å²) < 4.78 is 52.4. The Kier molecular flexibility index (Phi) is 21.4. The summed E-state index contributed by atoms with van der Waals surface area (Å²) in [6, 6.07) is 0. The molecule has 3 N–H and O–H groups in total. The molecule has 13 atom stereocenters. The van der Waals surface area contributed by atoms with Gasteiger partial charge in [-0.3, -0.25) is 14.4 Å². The standard InChI is InChI=1S/C48H71N5O14/c1-27-19-33(66-48(49)58)21-43(57)67-41(22-40(60-9)28(2)15-16-37(55)30(4)44(61-10)29(3)17-18-53(7)26-54)32(6)39(59-8)13-12-14-42-50-35(24-63-42)46-52-36(25-65-46)47-51-34(23-64-47)45(62-11)31(5)38(56)20-27/h12,14,17-18,23-33,38-41,44-45,56H,13,15-16,19-22H2,1-11H3,(H2,49,58). The summed E-state index contributed by atoms with van der Waals surface area (Å²) in [7, 11) is 7.86. The van der Waals surface area contributed by atoms with Gasteiger partial charge in [0.25, 0.3) is 0 Å². The summed E-state index contributed by atoms with van der Waals surface area (Å²) >= 11 is 0. The molecule has 67 heavy (non-hydrogen) atoms. The Morgan fingerprint density at radius 1 is 0.940 bits per heavy atom. The lowest BCUT2D eigenvalue weighted by atomic mass is 9.84. The number of ether oxygens (including phenoxy) is 6. The number of aliphatic hydroxyl groups is 1. The molecule has 1 aliphatic rings. The molecule has 2 amide bonds. The third-order valence-electron chi connectivity index (χ3n) is 12.8. The first-order valence-electron chi connectivity index (χ1n) is 22.8. The molecule has 0 aliphatic carbocycles. The minimum absolute atomic E-state index is 0.0194. The van der Waals surface area contributed by atoms with Crippen LogP contribution in [0.4, 0.5) is 4.79 Å². The number of nitrogens with zero attached hydrogens (tertiary/aromatic N) is 4. The molecule has 4 heterocycles. The smallest absolute Gasteiger partial charge is 0.404 e. The van der Waals surface area contributed by atoms with Crippen molar-refractivity contribution in [2.45, 2.75) is 129 Å². The van der Waals surface area contributed by atoms with E-state index < -0.39 is 72.5 Å². The lowest BCUT2D eigenvalue weighted by molar-refractivity contribution is -0.160. The maximum atomic E-state index is 14.0. The zero-order valence-electron chi connectivity index (χ0n) is 40.7. The zero-order chi connectivity index (χ0) is 49.4. The summed E-state index contributed by atoms with van der Waals surface area (Å²) in [5.41, 5.74) is 6.58. The van der Waals surface area contributed by atoms with Crippen molar-refractivity contribution < 1.29 is 66.0 Å². The maximum absolute atomic E-state index is 14.0. The third kappa shape index (κ3) is 15.7. The number of cyclic esters (lactones) is 1. The second kappa shape index (κ2) is 26.4. The molecule has 19 nitrogen and oxygen atoms in total. The fraction of sp³-hybridized carbons (Fsp3) is 0.646. The number of amides is 2. The monoisotopic (exact) mass is 941 g/mol. The average Bonchev–Trinajstić information content (AvgIpc) is 4.09. The van der Waals surface area contributed by atoms with Crippen molar-refractivity contribution in [2.75, 3.05) is 35.5 Å². The Balaban J connectivity index is 1.60. The number of aromatic nitrogens is 3. The van der Waals surface area contributed by atoms with Crippen molar-refractivity contribution >= 4 is 30.3 Å². The predicted molar refractivity (Wildman–Crippen MR) is 244 cm³/mol. The predicted octanol–water partition coefficient (Wildman–Crippen LogP) is 7.20. The highest BCUT2D eigenvalue weighted by Gasteiger charge is 2.36. The topological polar surface area (TPSA) is 251 Å². The fourth-order valence-corrected chi connectivity index (χ4v) is 8.69. The van der Waals surface area contributed by atoms with Crippen LogP contribution in [-0.2, 0) is 42.8 Å². The highest BCUT2D eigenvalue weighted by molar-refractivity contribution is 5.81. The van der Waals surface area contributed by atoms with Crippen LogP contribution in [0.3, 0.4) is 0 Å². The summed E-state index contributed by atoms with van der Waals surface area (Å²) in [5.74, 6) is -1.84. The Morgan fingerprint density at radius 2 is 1.63 bits per heavy atom. The molecule has 372 valence electrons. The second-order valence-corrected chi connectivity index (χ2v) is 17.9. The number of hydrogen-bond donors (Lipinski definition) is 2. The van der Waals surface area contributed by atoms with E-state index in [9.17, 15) is 24.3 Å². The number of oxazole rings is 3. The van der Waals surface area contributed by atoms with Crippen LogP contribution in [0.2, 0.25) is 0 Å². The van der Waals surface area contributed by atoms with Crippen molar-refractivity contribution in [1.29, 1.82) is 0 Å². The molecule has 0 saturated carbocycles. The third-order valence-corrected chi connectivity index (χ3v) is 12.8. The van der Waals surface area contributed by atoms with Gasteiger partial charge < -0.3 is 57.4 Å². The van der Waals surface area contributed by atoms with Crippen LogP contribution in [0.1, 0.15) is 104 Å². The lowest BCUT2D eigenvalue weighted by Crippen LogP contribution is -2.39. The van der Waals surface area contributed by atoms with Gasteiger partial charge in [-0.2, -0.15) is 0 Å². The van der Waals surface area contributed by atoms with Gasteiger partial charge in [-0.1, -0.05) is 53.7 Å². The van der Waals surface area contributed by atoms with E-state index in [1.165, 1.54) is 30.8 Å². The number of aliphatic hydroxyl groups excluding tert-OH is 1. The number of carbonyl (C=O) groups is 4. The minimum atomic E-state index is -1.05. The molecule has 0 aromatic carbocycles. The van der Waals surface area contributed by atoms with Crippen LogP contribution in [0.25, 0.3) is 29.2 Å². The van der Waals surface area contributed by atoms with E-state index in [1.54, 1.807) is 40.7 Å². The van der Waals surface area contributed by atoms with Crippen molar-refractivity contribution in [3.63, 3.8) is 0 Å². The molecule has 0 saturated heterocycles. The molecule has 4 rings (SSSR count). The van der Waals surface area contributed by atoms with Gasteiger partial charge in [0.15, 0.2) is 11.4 Å². The fourth-order valence-electron chi connectivity index (χ4n) is 8.69. The van der Waals surface area contributed by atoms with Crippen LogP contribution >= 0.6 is 0 Å². The molecule has 0 radical (unpaired) electrons. The number of ketones is 1. The number of methoxy groups -OCH3 is 4. The van der Waals surface area contributed by atoms with Gasteiger partial charge in [-0.25, -0.2) is 19.7 Å². The van der Waals surface area contributed by atoms with Crippen molar-refractivity contribution in [1.82, 2.24) is 19.9 Å². The number of Topliss-reactive ketones (excluding diaryl/α,β-unsaturated/α-hetero) is 1. The van der Waals surface area contributed by atoms with E-state index in [4.69, 9.17) is 47.4 Å². The van der Waals surface area contributed by atoms with Gasteiger partial charge >= 0.3 is 12.1 Å². The van der Waals surface area contributed by atoms with Gasteiger partial charge in [0.1, 0.15) is 48.6 Å². The average molecular weight is 942 g/mol. The summed E-state index contributed by atoms with van der Waals surface area (Å²) in [5, 5.41) is 11.4. The van der Waals surface area contributed by atoms with Gasteiger partial charge in [0, 0.05) is 78.2 Å². The van der Waals surface area contributed by atoms with E-state index in [0.29, 0.717) is 36.3 Å². The SMILES string of the molecule is COC(CC1OC(=O)CC(OC(N)=O)CC(C)CC(O)C(C)C(OC)c2coc(n2)-c2coc(n2)-c2coc(n2)C=CCC(OC)C1C)C(C)CCC(=O)C(C)C(OC)C(C)C=CN(C)C=O. The van der Waals surface area contributed by atoms with Crippen LogP contribution in [-0.4, -0.2) is 121 Å². The zero-order valence-corrected chi connectivity index (χ0v) is 40.7. The summed E-state index contributed by atoms with van der Waals surface area (Å²) in [4.78, 5) is 65.7. The molecule has 0 spiro atoms. The van der Waals surface area contributed by atoms with E-state index in [-0.39, 0.29) is 73.3 Å². The molecule has 1 aliphatic heterocycles.